The maximum absolute atomic E-state index is 8.78. The third-order valence-corrected chi connectivity index (χ3v) is 2.40. The lowest BCUT2D eigenvalue weighted by molar-refractivity contribution is 0.171. The van der Waals surface area contributed by atoms with Crippen LogP contribution in [0.2, 0.25) is 0 Å². The largest absolute Gasteiger partial charge is 0.395 e. The Kier molecular flexibility index (Phi) is 10.9. The minimum absolute atomic E-state index is 0.0202. The van der Waals surface area contributed by atoms with E-state index in [1.54, 1.807) is 0 Å². The van der Waals surface area contributed by atoms with Crippen molar-refractivity contribution in [2.75, 3.05) is 19.8 Å². The Bertz CT molecular complexity index is 105. The fourth-order valence-electron chi connectivity index (χ4n) is 1.40. The molecule has 0 unspecified atom stereocenters. The zero-order valence-corrected chi connectivity index (χ0v) is 9.34. The van der Waals surface area contributed by atoms with Crippen molar-refractivity contribution in [3.8, 4) is 0 Å². The normalized spacial score (nSPS) is 11.1. The summed E-state index contributed by atoms with van der Waals surface area (Å²) >= 11 is 0. The second-order valence-corrected chi connectivity index (χ2v) is 3.78. The van der Waals surface area contributed by atoms with Crippen LogP contribution in [0.1, 0.15) is 45.4 Å². The second-order valence-electron chi connectivity index (χ2n) is 3.78. The Labute approximate surface area is 87.5 Å². The molecule has 3 nitrogen and oxygen atoms in total. The Morgan fingerprint density at radius 2 is 1.50 bits per heavy atom. The first-order valence-electron chi connectivity index (χ1n) is 5.80. The molecule has 0 bridgehead atoms. The molecular weight excluding hydrogens is 178 g/mol. The number of aliphatic hydroxyl groups is 2. The highest BCUT2D eigenvalue weighted by Gasteiger charge is 2.02. The van der Waals surface area contributed by atoms with Crippen molar-refractivity contribution in [1.29, 1.82) is 0 Å². The van der Waals surface area contributed by atoms with Crippen LogP contribution in [-0.2, 0) is 0 Å². The quantitative estimate of drug-likeness (QED) is 0.469. The van der Waals surface area contributed by atoms with Gasteiger partial charge in [0.1, 0.15) is 0 Å². The van der Waals surface area contributed by atoms with Crippen LogP contribution in [0.5, 0.6) is 0 Å². The van der Waals surface area contributed by atoms with Crippen molar-refractivity contribution in [2.45, 2.75) is 51.5 Å². The number of rotatable bonds is 10. The summed E-state index contributed by atoms with van der Waals surface area (Å²) in [5.41, 5.74) is 0. The molecule has 0 aromatic heterocycles. The molecule has 0 aromatic carbocycles. The molecule has 3 heteroatoms. The van der Waals surface area contributed by atoms with E-state index in [0.29, 0.717) is 0 Å². The predicted molar refractivity (Wildman–Crippen MR) is 59.3 cm³/mol. The average Bonchev–Trinajstić information content (AvgIpc) is 2.22. The maximum Gasteiger partial charge on any atom is 0.0607 e. The highest BCUT2D eigenvalue weighted by atomic mass is 16.3. The van der Waals surface area contributed by atoms with E-state index in [9.17, 15) is 0 Å². The van der Waals surface area contributed by atoms with E-state index >= 15 is 0 Å². The van der Waals surface area contributed by atoms with Crippen molar-refractivity contribution in [3.05, 3.63) is 0 Å². The zero-order chi connectivity index (χ0) is 10.6. The molecule has 0 spiro atoms. The summed E-state index contributed by atoms with van der Waals surface area (Å²) in [4.78, 5) is 0. The van der Waals surface area contributed by atoms with Crippen LogP contribution in [0.15, 0.2) is 0 Å². The Hall–Kier alpha value is -0.120. The molecule has 0 atom stereocenters. The summed E-state index contributed by atoms with van der Waals surface area (Å²) < 4.78 is 0. The van der Waals surface area contributed by atoms with E-state index in [0.717, 1.165) is 13.0 Å². The molecular formula is C11H25NO2. The topological polar surface area (TPSA) is 52.5 Å². The number of nitrogens with one attached hydrogen (secondary N) is 1. The SMILES string of the molecule is CCCCCCCCNC(CO)CO. The summed E-state index contributed by atoms with van der Waals surface area (Å²) in [5.74, 6) is 0. The van der Waals surface area contributed by atoms with Gasteiger partial charge in [0.25, 0.3) is 0 Å². The first kappa shape index (κ1) is 13.9. The van der Waals surface area contributed by atoms with E-state index in [2.05, 4.69) is 12.2 Å². The Balaban J connectivity index is 3.04. The molecule has 0 heterocycles. The van der Waals surface area contributed by atoms with Gasteiger partial charge in [-0.2, -0.15) is 0 Å². The van der Waals surface area contributed by atoms with E-state index in [1.165, 1.54) is 32.1 Å². The van der Waals surface area contributed by atoms with E-state index in [-0.39, 0.29) is 19.3 Å². The van der Waals surface area contributed by atoms with Crippen molar-refractivity contribution in [1.82, 2.24) is 5.32 Å². The van der Waals surface area contributed by atoms with Crippen LogP contribution in [-0.4, -0.2) is 36.0 Å². The first-order chi connectivity index (χ1) is 6.85. The minimum Gasteiger partial charge on any atom is -0.395 e. The lowest BCUT2D eigenvalue weighted by Crippen LogP contribution is -2.36. The Morgan fingerprint density at radius 3 is 2.07 bits per heavy atom. The number of hydrogen-bond acceptors (Lipinski definition) is 3. The van der Waals surface area contributed by atoms with Gasteiger partial charge in [-0.15, -0.1) is 0 Å². The molecule has 0 saturated heterocycles. The zero-order valence-electron chi connectivity index (χ0n) is 9.34. The molecule has 3 N–H and O–H groups in total. The van der Waals surface area contributed by atoms with E-state index in [1.807, 2.05) is 0 Å². The summed E-state index contributed by atoms with van der Waals surface area (Å²) in [6.07, 6.45) is 7.65. The molecule has 0 saturated carbocycles. The molecule has 0 amide bonds. The van der Waals surface area contributed by atoms with E-state index in [4.69, 9.17) is 10.2 Å². The predicted octanol–water partition coefficient (Wildman–Crippen LogP) is 1.29. The van der Waals surface area contributed by atoms with Gasteiger partial charge >= 0.3 is 0 Å². The van der Waals surface area contributed by atoms with Crippen LogP contribution in [0.4, 0.5) is 0 Å². The van der Waals surface area contributed by atoms with Gasteiger partial charge in [0, 0.05) is 0 Å². The van der Waals surface area contributed by atoms with Gasteiger partial charge in [0.2, 0.25) is 0 Å². The van der Waals surface area contributed by atoms with Crippen LogP contribution < -0.4 is 5.32 Å². The average molecular weight is 203 g/mol. The first-order valence-corrected chi connectivity index (χ1v) is 5.80. The lowest BCUT2D eigenvalue weighted by Gasteiger charge is -2.12. The van der Waals surface area contributed by atoms with Crippen LogP contribution in [0, 0.1) is 0 Å². The van der Waals surface area contributed by atoms with Crippen molar-refractivity contribution in [3.63, 3.8) is 0 Å². The fourth-order valence-corrected chi connectivity index (χ4v) is 1.40. The molecule has 0 aliphatic heterocycles. The summed E-state index contributed by atoms with van der Waals surface area (Å²) in [7, 11) is 0. The van der Waals surface area contributed by atoms with Gasteiger partial charge in [0.05, 0.1) is 19.3 Å². The van der Waals surface area contributed by atoms with Gasteiger partial charge in [-0.05, 0) is 13.0 Å². The highest BCUT2D eigenvalue weighted by molar-refractivity contribution is 4.62. The molecule has 0 radical (unpaired) electrons. The minimum atomic E-state index is -0.134. The van der Waals surface area contributed by atoms with Gasteiger partial charge in [-0.1, -0.05) is 39.0 Å². The van der Waals surface area contributed by atoms with Gasteiger partial charge in [-0.25, -0.2) is 0 Å². The van der Waals surface area contributed by atoms with Crippen molar-refractivity contribution in [2.24, 2.45) is 0 Å². The number of hydrogen-bond donors (Lipinski definition) is 3. The summed E-state index contributed by atoms with van der Waals surface area (Å²) in [5, 5.41) is 20.7. The number of unbranched alkanes of at least 4 members (excludes halogenated alkanes) is 5. The molecule has 0 aliphatic rings. The monoisotopic (exact) mass is 203 g/mol. The standard InChI is InChI=1S/C11H25NO2/c1-2-3-4-5-6-7-8-12-11(9-13)10-14/h11-14H,2-10H2,1H3. The van der Waals surface area contributed by atoms with Gasteiger partial charge < -0.3 is 15.5 Å². The Morgan fingerprint density at radius 1 is 0.929 bits per heavy atom. The molecule has 0 rings (SSSR count). The van der Waals surface area contributed by atoms with E-state index < -0.39 is 0 Å². The molecule has 14 heavy (non-hydrogen) atoms. The van der Waals surface area contributed by atoms with Crippen molar-refractivity contribution >= 4 is 0 Å². The van der Waals surface area contributed by atoms with Crippen LogP contribution >= 0.6 is 0 Å². The van der Waals surface area contributed by atoms with Gasteiger partial charge in [0.15, 0.2) is 0 Å². The fraction of sp³-hybridized carbons (Fsp3) is 1.00. The molecule has 86 valence electrons. The lowest BCUT2D eigenvalue weighted by atomic mass is 10.1. The van der Waals surface area contributed by atoms with Gasteiger partial charge in [-0.3, -0.25) is 0 Å². The second kappa shape index (κ2) is 11.0. The summed E-state index contributed by atoms with van der Waals surface area (Å²) in [6.45, 7) is 3.16. The smallest absolute Gasteiger partial charge is 0.0607 e. The third kappa shape index (κ3) is 8.48. The highest BCUT2D eigenvalue weighted by Crippen LogP contribution is 2.04. The maximum atomic E-state index is 8.78. The number of aliphatic hydroxyl groups excluding tert-OH is 2. The van der Waals surface area contributed by atoms with Crippen LogP contribution in [0.25, 0.3) is 0 Å². The van der Waals surface area contributed by atoms with Crippen LogP contribution in [0.3, 0.4) is 0 Å². The van der Waals surface area contributed by atoms with Crippen molar-refractivity contribution < 1.29 is 10.2 Å². The molecule has 0 aromatic rings. The summed E-state index contributed by atoms with van der Waals surface area (Å²) in [6, 6.07) is -0.134. The third-order valence-electron chi connectivity index (χ3n) is 2.40. The molecule has 0 fully saturated rings. The molecule has 0 aliphatic carbocycles.